The van der Waals surface area contributed by atoms with Gasteiger partial charge in [0, 0.05) is 12.1 Å². The van der Waals surface area contributed by atoms with Crippen LogP contribution in [0.1, 0.15) is 12.8 Å². The third kappa shape index (κ3) is 5.15. The molecule has 5 heteroatoms. The highest BCUT2D eigenvalue weighted by Gasteiger charge is 2.13. The first kappa shape index (κ1) is 23.4. The molecule has 180 valence electrons. The number of aromatic nitrogens is 2. The zero-order valence-electron chi connectivity index (χ0n) is 20.3. The maximum Gasteiger partial charge on any atom is 0.261 e. The second kappa shape index (κ2) is 10.9. The van der Waals surface area contributed by atoms with Crippen molar-refractivity contribution in [3.63, 3.8) is 0 Å². The van der Waals surface area contributed by atoms with Crippen LogP contribution in [-0.2, 0) is 6.54 Å². The third-order valence-electron chi connectivity index (χ3n) is 6.22. The number of benzene rings is 4. The molecule has 5 aromatic rings. The highest BCUT2D eigenvalue weighted by molar-refractivity contribution is 5.79. The average Bonchev–Trinajstić information content (AvgIpc) is 2.95. The van der Waals surface area contributed by atoms with E-state index < -0.39 is 0 Å². The SMILES string of the molecule is COc1ccc(-c2nc3ccccc3c(=O)n2CCCCOc2ccc(-c3ccccc3)cc2)cc1. The summed E-state index contributed by atoms with van der Waals surface area (Å²) in [6.07, 6.45) is 1.62. The van der Waals surface area contributed by atoms with E-state index in [0.717, 1.165) is 35.5 Å². The molecule has 0 N–H and O–H groups in total. The van der Waals surface area contributed by atoms with Crippen molar-refractivity contribution in [3.8, 4) is 34.0 Å². The molecule has 0 atom stereocenters. The molecule has 5 nitrogen and oxygen atoms in total. The Morgan fingerprint density at radius 1 is 0.694 bits per heavy atom. The second-order valence-corrected chi connectivity index (χ2v) is 8.58. The van der Waals surface area contributed by atoms with Crippen LogP contribution < -0.4 is 15.0 Å². The lowest BCUT2D eigenvalue weighted by Crippen LogP contribution is -2.24. The summed E-state index contributed by atoms with van der Waals surface area (Å²) < 4.78 is 13.0. The van der Waals surface area contributed by atoms with E-state index in [1.165, 1.54) is 5.56 Å². The molecule has 0 saturated carbocycles. The molecule has 0 fully saturated rings. The standard InChI is InChI=1S/C31H28N2O3/c1-35-26-17-15-25(16-18-26)30-32-29-12-6-5-11-28(29)31(34)33(30)21-7-8-22-36-27-19-13-24(14-20-27)23-9-3-2-4-10-23/h2-6,9-20H,7-8,21-22H2,1H3. The van der Waals surface area contributed by atoms with Gasteiger partial charge in [-0.2, -0.15) is 0 Å². The lowest BCUT2D eigenvalue weighted by Gasteiger charge is -2.14. The van der Waals surface area contributed by atoms with Crippen molar-refractivity contribution in [1.82, 2.24) is 9.55 Å². The van der Waals surface area contributed by atoms with E-state index in [4.69, 9.17) is 14.5 Å². The summed E-state index contributed by atoms with van der Waals surface area (Å²) in [7, 11) is 1.64. The summed E-state index contributed by atoms with van der Waals surface area (Å²) >= 11 is 0. The molecular formula is C31H28N2O3. The molecule has 0 saturated heterocycles. The van der Waals surface area contributed by atoms with E-state index in [9.17, 15) is 4.79 Å². The lowest BCUT2D eigenvalue weighted by molar-refractivity contribution is 0.303. The van der Waals surface area contributed by atoms with Crippen molar-refractivity contribution < 1.29 is 9.47 Å². The van der Waals surface area contributed by atoms with Gasteiger partial charge >= 0.3 is 0 Å². The molecule has 1 aromatic heterocycles. The number of rotatable bonds is 9. The van der Waals surface area contributed by atoms with E-state index in [0.29, 0.717) is 29.9 Å². The molecule has 0 bridgehead atoms. The quantitative estimate of drug-likeness (QED) is 0.225. The molecular weight excluding hydrogens is 448 g/mol. The average molecular weight is 477 g/mol. The summed E-state index contributed by atoms with van der Waals surface area (Å²) in [6.45, 7) is 1.15. The summed E-state index contributed by atoms with van der Waals surface area (Å²) in [4.78, 5) is 18.2. The Kier molecular flexibility index (Phi) is 7.08. The summed E-state index contributed by atoms with van der Waals surface area (Å²) in [5.41, 5.74) is 3.91. The molecule has 0 spiro atoms. The van der Waals surface area contributed by atoms with Gasteiger partial charge in [0.1, 0.15) is 17.3 Å². The summed E-state index contributed by atoms with van der Waals surface area (Å²) in [6, 6.07) is 33.6. The van der Waals surface area contributed by atoms with Gasteiger partial charge in [0.05, 0.1) is 24.6 Å². The van der Waals surface area contributed by atoms with Gasteiger partial charge in [-0.25, -0.2) is 4.98 Å². The van der Waals surface area contributed by atoms with Crippen LogP contribution >= 0.6 is 0 Å². The maximum atomic E-state index is 13.3. The van der Waals surface area contributed by atoms with E-state index >= 15 is 0 Å². The molecule has 0 amide bonds. The fourth-order valence-corrected chi connectivity index (χ4v) is 4.27. The van der Waals surface area contributed by atoms with E-state index in [2.05, 4.69) is 24.3 Å². The largest absolute Gasteiger partial charge is 0.497 e. The molecule has 0 aliphatic rings. The number of unbranched alkanes of at least 4 members (excludes halogenated alkanes) is 1. The van der Waals surface area contributed by atoms with E-state index in [-0.39, 0.29) is 5.56 Å². The van der Waals surface area contributed by atoms with Crippen LogP contribution in [0, 0.1) is 0 Å². The van der Waals surface area contributed by atoms with Crippen LogP contribution in [-0.4, -0.2) is 23.3 Å². The van der Waals surface area contributed by atoms with Crippen molar-refractivity contribution >= 4 is 10.9 Å². The van der Waals surface area contributed by atoms with Crippen molar-refractivity contribution in [2.24, 2.45) is 0 Å². The third-order valence-corrected chi connectivity index (χ3v) is 6.22. The topological polar surface area (TPSA) is 53.3 Å². The predicted molar refractivity (Wildman–Crippen MR) is 145 cm³/mol. The number of ether oxygens (including phenoxy) is 2. The summed E-state index contributed by atoms with van der Waals surface area (Å²) in [5.74, 6) is 2.28. The molecule has 36 heavy (non-hydrogen) atoms. The number of hydrogen-bond donors (Lipinski definition) is 0. The predicted octanol–water partition coefficient (Wildman–Crippen LogP) is 6.60. The molecule has 1 heterocycles. The molecule has 0 aliphatic heterocycles. The number of para-hydroxylation sites is 1. The minimum atomic E-state index is -0.0242. The van der Waals surface area contributed by atoms with Gasteiger partial charge in [0.25, 0.3) is 5.56 Å². The Morgan fingerprint density at radius 3 is 2.08 bits per heavy atom. The van der Waals surface area contributed by atoms with E-state index in [1.807, 2.05) is 78.9 Å². The van der Waals surface area contributed by atoms with Crippen molar-refractivity contribution in [3.05, 3.63) is 113 Å². The van der Waals surface area contributed by atoms with Gasteiger partial charge in [-0.05, 0) is 72.5 Å². The highest BCUT2D eigenvalue weighted by Crippen LogP contribution is 2.24. The first-order valence-electron chi connectivity index (χ1n) is 12.2. The Hall–Kier alpha value is -4.38. The highest BCUT2D eigenvalue weighted by atomic mass is 16.5. The smallest absolute Gasteiger partial charge is 0.261 e. The zero-order chi connectivity index (χ0) is 24.7. The van der Waals surface area contributed by atoms with Crippen LogP contribution in [0.5, 0.6) is 11.5 Å². The van der Waals surface area contributed by atoms with Gasteiger partial charge in [0.15, 0.2) is 0 Å². The first-order chi connectivity index (χ1) is 17.7. The van der Waals surface area contributed by atoms with Gasteiger partial charge in [-0.1, -0.05) is 54.6 Å². The Balaban J connectivity index is 1.26. The lowest BCUT2D eigenvalue weighted by atomic mass is 10.1. The fourth-order valence-electron chi connectivity index (χ4n) is 4.27. The monoisotopic (exact) mass is 476 g/mol. The Labute approximate surface area is 210 Å². The van der Waals surface area contributed by atoms with Gasteiger partial charge in [-0.3, -0.25) is 9.36 Å². The molecule has 0 radical (unpaired) electrons. The zero-order valence-corrected chi connectivity index (χ0v) is 20.3. The number of nitrogens with zero attached hydrogens (tertiary/aromatic N) is 2. The van der Waals surface area contributed by atoms with Crippen LogP contribution in [0.3, 0.4) is 0 Å². The summed E-state index contributed by atoms with van der Waals surface area (Å²) in [5, 5.41) is 0.629. The van der Waals surface area contributed by atoms with Crippen LogP contribution in [0.15, 0.2) is 108 Å². The van der Waals surface area contributed by atoms with Crippen molar-refractivity contribution in [2.75, 3.05) is 13.7 Å². The van der Waals surface area contributed by atoms with E-state index in [1.54, 1.807) is 11.7 Å². The Morgan fingerprint density at radius 2 is 1.33 bits per heavy atom. The van der Waals surface area contributed by atoms with Crippen LogP contribution in [0.25, 0.3) is 33.4 Å². The van der Waals surface area contributed by atoms with Crippen LogP contribution in [0.4, 0.5) is 0 Å². The van der Waals surface area contributed by atoms with Gasteiger partial charge in [-0.15, -0.1) is 0 Å². The molecule has 0 aliphatic carbocycles. The minimum Gasteiger partial charge on any atom is -0.497 e. The molecule has 0 unspecified atom stereocenters. The fraction of sp³-hybridized carbons (Fsp3) is 0.161. The van der Waals surface area contributed by atoms with Crippen molar-refractivity contribution in [1.29, 1.82) is 0 Å². The first-order valence-corrected chi connectivity index (χ1v) is 12.2. The maximum absolute atomic E-state index is 13.3. The molecule has 5 rings (SSSR count). The number of fused-ring (bicyclic) bond motifs is 1. The second-order valence-electron chi connectivity index (χ2n) is 8.58. The Bertz CT molecular complexity index is 1490. The van der Waals surface area contributed by atoms with Crippen molar-refractivity contribution in [2.45, 2.75) is 19.4 Å². The normalized spacial score (nSPS) is 10.9. The van der Waals surface area contributed by atoms with Gasteiger partial charge < -0.3 is 9.47 Å². The minimum absolute atomic E-state index is 0.0242. The van der Waals surface area contributed by atoms with Gasteiger partial charge in [0.2, 0.25) is 0 Å². The number of methoxy groups -OCH3 is 1. The van der Waals surface area contributed by atoms with Crippen LogP contribution in [0.2, 0.25) is 0 Å². The number of hydrogen-bond acceptors (Lipinski definition) is 4. The molecule has 4 aromatic carbocycles.